The molecule has 0 heterocycles. The Labute approximate surface area is 148 Å². The number of ether oxygens (including phenoxy) is 1. The van der Waals surface area contributed by atoms with E-state index in [1.165, 1.54) is 6.92 Å². The van der Waals surface area contributed by atoms with Crippen molar-refractivity contribution >= 4 is 23.2 Å². The molecule has 2 aromatic carbocycles. The van der Waals surface area contributed by atoms with Gasteiger partial charge in [0.15, 0.2) is 6.61 Å². The molecule has 0 bridgehead atoms. The maximum Gasteiger partial charge on any atom is 0.262 e. The molecule has 0 fully saturated rings. The van der Waals surface area contributed by atoms with E-state index in [9.17, 15) is 9.59 Å². The average Bonchev–Trinajstić information content (AvgIpc) is 2.53. The van der Waals surface area contributed by atoms with Gasteiger partial charge in [-0.1, -0.05) is 39.0 Å². The third-order valence-electron chi connectivity index (χ3n) is 3.55. The average molecular weight is 340 g/mol. The lowest BCUT2D eigenvalue weighted by Crippen LogP contribution is -2.23. The molecule has 2 N–H and O–H groups in total. The fourth-order valence-electron chi connectivity index (χ4n) is 2.42. The van der Waals surface area contributed by atoms with Crippen molar-refractivity contribution in [3.8, 4) is 5.75 Å². The topological polar surface area (TPSA) is 67.4 Å². The van der Waals surface area contributed by atoms with Gasteiger partial charge in [0.25, 0.3) is 5.91 Å². The van der Waals surface area contributed by atoms with E-state index in [4.69, 9.17) is 4.74 Å². The third kappa shape index (κ3) is 5.64. The first-order valence-corrected chi connectivity index (χ1v) is 8.15. The van der Waals surface area contributed by atoms with Crippen molar-refractivity contribution < 1.29 is 14.3 Å². The largest absolute Gasteiger partial charge is 0.484 e. The van der Waals surface area contributed by atoms with E-state index in [-0.39, 0.29) is 23.8 Å². The summed E-state index contributed by atoms with van der Waals surface area (Å²) in [5.74, 6) is 0.210. The molecule has 132 valence electrons. The van der Waals surface area contributed by atoms with Crippen molar-refractivity contribution in [2.24, 2.45) is 0 Å². The Morgan fingerprint density at radius 3 is 2.20 bits per heavy atom. The van der Waals surface area contributed by atoms with E-state index in [1.54, 1.807) is 24.3 Å². The van der Waals surface area contributed by atoms with Crippen molar-refractivity contribution in [1.82, 2.24) is 0 Å². The van der Waals surface area contributed by atoms with Crippen molar-refractivity contribution in [2.75, 3.05) is 17.2 Å². The highest BCUT2D eigenvalue weighted by atomic mass is 16.5. The minimum Gasteiger partial charge on any atom is -0.484 e. The molecule has 2 rings (SSSR count). The lowest BCUT2D eigenvalue weighted by molar-refractivity contribution is -0.118. The maximum atomic E-state index is 12.2. The van der Waals surface area contributed by atoms with Gasteiger partial charge >= 0.3 is 0 Å². The van der Waals surface area contributed by atoms with Crippen molar-refractivity contribution in [3.63, 3.8) is 0 Å². The van der Waals surface area contributed by atoms with Gasteiger partial charge in [0.1, 0.15) is 5.75 Å². The number of nitrogens with one attached hydrogen (secondary N) is 2. The lowest BCUT2D eigenvalue weighted by Gasteiger charge is -2.23. The molecule has 5 heteroatoms. The molecule has 2 aromatic rings. The summed E-state index contributed by atoms with van der Waals surface area (Å²) in [7, 11) is 0. The molecule has 0 unspecified atom stereocenters. The predicted molar refractivity (Wildman–Crippen MR) is 100 cm³/mol. The van der Waals surface area contributed by atoms with Crippen molar-refractivity contribution in [3.05, 3.63) is 54.1 Å². The molecular formula is C20H24N2O3. The van der Waals surface area contributed by atoms with Gasteiger partial charge in [-0.15, -0.1) is 0 Å². The summed E-state index contributed by atoms with van der Waals surface area (Å²) in [5, 5.41) is 5.58. The number of rotatable bonds is 5. The number of carbonyl (C=O) groups excluding carboxylic acids is 2. The highest BCUT2D eigenvalue weighted by molar-refractivity contribution is 5.93. The summed E-state index contributed by atoms with van der Waals surface area (Å²) in [6, 6.07) is 14.6. The highest BCUT2D eigenvalue weighted by Gasteiger charge is 2.18. The molecule has 0 aliphatic carbocycles. The number of hydrogen-bond acceptors (Lipinski definition) is 3. The Kier molecular flexibility index (Phi) is 5.80. The molecule has 25 heavy (non-hydrogen) atoms. The second-order valence-corrected chi connectivity index (χ2v) is 6.84. The van der Waals surface area contributed by atoms with Crippen LogP contribution in [0.1, 0.15) is 33.3 Å². The van der Waals surface area contributed by atoms with Crippen LogP contribution in [0.5, 0.6) is 5.75 Å². The van der Waals surface area contributed by atoms with Gasteiger partial charge in [-0.3, -0.25) is 9.59 Å². The summed E-state index contributed by atoms with van der Waals surface area (Å²) in [5.41, 5.74) is 2.49. The zero-order valence-corrected chi connectivity index (χ0v) is 15.1. The van der Waals surface area contributed by atoms with Crippen LogP contribution in [0, 0.1) is 0 Å². The highest BCUT2D eigenvalue weighted by Crippen LogP contribution is 2.29. The monoisotopic (exact) mass is 340 g/mol. The van der Waals surface area contributed by atoms with Crippen LogP contribution in [0.4, 0.5) is 11.4 Å². The van der Waals surface area contributed by atoms with Gasteiger partial charge in [-0.05, 0) is 41.3 Å². The Bertz CT molecular complexity index is 746. The number of para-hydroxylation sites is 1. The first-order chi connectivity index (χ1) is 11.8. The first kappa shape index (κ1) is 18.5. The second-order valence-electron chi connectivity index (χ2n) is 6.84. The molecule has 0 saturated carbocycles. The zero-order chi connectivity index (χ0) is 18.4. The SMILES string of the molecule is CC(=O)Nc1ccc(OCC(=O)Nc2ccccc2C(C)(C)C)cc1. The van der Waals surface area contributed by atoms with Crippen LogP contribution in [0.25, 0.3) is 0 Å². The smallest absolute Gasteiger partial charge is 0.262 e. The van der Waals surface area contributed by atoms with Gasteiger partial charge in [0.2, 0.25) is 5.91 Å². The van der Waals surface area contributed by atoms with Gasteiger partial charge < -0.3 is 15.4 Å². The van der Waals surface area contributed by atoms with Crippen LogP contribution >= 0.6 is 0 Å². The van der Waals surface area contributed by atoms with Crippen LogP contribution in [0.2, 0.25) is 0 Å². The molecule has 0 saturated heterocycles. The Hall–Kier alpha value is -2.82. The van der Waals surface area contributed by atoms with Gasteiger partial charge in [-0.2, -0.15) is 0 Å². The minimum absolute atomic E-state index is 0.0652. The van der Waals surface area contributed by atoms with Crippen LogP contribution in [0.3, 0.4) is 0 Å². The number of anilines is 2. The molecule has 0 atom stereocenters. The van der Waals surface area contributed by atoms with Crippen LogP contribution in [0.15, 0.2) is 48.5 Å². The van der Waals surface area contributed by atoms with Crippen molar-refractivity contribution in [2.45, 2.75) is 33.1 Å². The summed E-state index contributed by atoms with van der Waals surface area (Å²) >= 11 is 0. The predicted octanol–water partition coefficient (Wildman–Crippen LogP) is 3.96. The number of hydrogen-bond donors (Lipinski definition) is 2. The van der Waals surface area contributed by atoms with Gasteiger partial charge in [0, 0.05) is 18.3 Å². The van der Waals surface area contributed by atoms with E-state index in [1.807, 2.05) is 24.3 Å². The second kappa shape index (κ2) is 7.83. The number of benzene rings is 2. The van der Waals surface area contributed by atoms with Gasteiger partial charge in [0.05, 0.1) is 0 Å². The van der Waals surface area contributed by atoms with E-state index >= 15 is 0 Å². The van der Waals surface area contributed by atoms with Crippen LogP contribution < -0.4 is 15.4 Å². The Morgan fingerprint density at radius 2 is 1.60 bits per heavy atom. The van der Waals surface area contributed by atoms with Crippen LogP contribution in [-0.2, 0) is 15.0 Å². The van der Waals surface area contributed by atoms with Crippen LogP contribution in [-0.4, -0.2) is 18.4 Å². The van der Waals surface area contributed by atoms with Gasteiger partial charge in [-0.25, -0.2) is 0 Å². The van der Waals surface area contributed by atoms with Crippen molar-refractivity contribution in [1.29, 1.82) is 0 Å². The Morgan fingerprint density at radius 1 is 0.960 bits per heavy atom. The molecule has 0 aromatic heterocycles. The molecule has 0 aliphatic rings. The molecule has 5 nitrogen and oxygen atoms in total. The summed E-state index contributed by atoms with van der Waals surface area (Å²) in [4.78, 5) is 23.2. The first-order valence-electron chi connectivity index (χ1n) is 8.15. The molecule has 0 radical (unpaired) electrons. The molecule has 2 amide bonds. The Balaban J connectivity index is 1.94. The number of amides is 2. The third-order valence-corrected chi connectivity index (χ3v) is 3.55. The number of carbonyl (C=O) groups is 2. The summed E-state index contributed by atoms with van der Waals surface area (Å²) in [6.07, 6.45) is 0. The normalized spacial score (nSPS) is 10.9. The quantitative estimate of drug-likeness (QED) is 0.866. The fraction of sp³-hybridized carbons (Fsp3) is 0.300. The molecule has 0 aliphatic heterocycles. The lowest BCUT2D eigenvalue weighted by atomic mass is 9.86. The zero-order valence-electron chi connectivity index (χ0n) is 15.1. The summed E-state index contributed by atoms with van der Waals surface area (Å²) < 4.78 is 5.50. The molecule has 0 spiro atoms. The molecular weight excluding hydrogens is 316 g/mol. The van der Waals surface area contributed by atoms with E-state index in [0.29, 0.717) is 11.4 Å². The summed E-state index contributed by atoms with van der Waals surface area (Å²) in [6.45, 7) is 7.67. The standard InChI is InChI=1S/C20H24N2O3/c1-14(23)21-15-9-11-16(12-10-15)25-13-19(24)22-18-8-6-5-7-17(18)20(2,3)4/h5-12H,13H2,1-4H3,(H,21,23)(H,22,24). The van der Waals surface area contributed by atoms with E-state index < -0.39 is 0 Å². The maximum absolute atomic E-state index is 12.2. The van der Waals surface area contributed by atoms with E-state index in [0.717, 1.165) is 11.3 Å². The fourth-order valence-corrected chi connectivity index (χ4v) is 2.42. The van der Waals surface area contributed by atoms with E-state index in [2.05, 4.69) is 31.4 Å². The minimum atomic E-state index is -0.220.